The van der Waals surface area contributed by atoms with Crippen LogP contribution in [0.1, 0.15) is 19.3 Å². The number of hydrogen-bond acceptors (Lipinski definition) is 4. The molecule has 3 N–H and O–H groups in total. The first kappa shape index (κ1) is 12.9. The maximum atomic E-state index is 12.0. The summed E-state index contributed by atoms with van der Waals surface area (Å²) in [5, 5.41) is 26.6. The van der Waals surface area contributed by atoms with Crippen LogP contribution in [0.15, 0.2) is 0 Å². The number of carboxylic acid groups (broad SMARTS) is 1. The van der Waals surface area contributed by atoms with Gasteiger partial charge in [0.2, 0.25) is 5.91 Å². The standard InChI is InChI=1S/C10H17NO5/c12-6-4-11(5-7-13)8(14)10(9(15)16)2-1-3-10/h12-13H,1-7H2,(H,15,16). The van der Waals surface area contributed by atoms with Crippen LogP contribution in [0, 0.1) is 5.41 Å². The minimum Gasteiger partial charge on any atom is -0.480 e. The zero-order valence-electron chi connectivity index (χ0n) is 9.06. The van der Waals surface area contributed by atoms with Gasteiger partial charge in [0, 0.05) is 13.1 Å². The summed E-state index contributed by atoms with van der Waals surface area (Å²) in [6.07, 6.45) is 1.41. The highest BCUT2D eigenvalue weighted by Crippen LogP contribution is 2.42. The monoisotopic (exact) mass is 231 g/mol. The van der Waals surface area contributed by atoms with Crippen molar-refractivity contribution < 1.29 is 24.9 Å². The summed E-state index contributed by atoms with van der Waals surface area (Å²) in [6.45, 7) is -0.342. The van der Waals surface area contributed by atoms with Crippen molar-refractivity contribution in [2.45, 2.75) is 19.3 Å². The van der Waals surface area contributed by atoms with E-state index < -0.39 is 17.3 Å². The molecule has 0 unspecified atom stereocenters. The van der Waals surface area contributed by atoms with Gasteiger partial charge in [0.05, 0.1) is 13.2 Å². The fourth-order valence-corrected chi connectivity index (χ4v) is 1.91. The van der Waals surface area contributed by atoms with Crippen molar-refractivity contribution in [1.29, 1.82) is 0 Å². The van der Waals surface area contributed by atoms with Gasteiger partial charge in [0.25, 0.3) is 0 Å². The number of aliphatic carboxylic acids is 1. The predicted octanol–water partition coefficient (Wildman–Crippen LogP) is -0.946. The van der Waals surface area contributed by atoms with E-state index in [-0.39, 0.29) is 26.3 Å². The average Bonchev–Trinajstić information content (AvgIpc) is 2.14. The number of nitrogens with zero attached hydrogens (tertiary/aromatic N) is 1. The molecule has 0 atom stereocenters. The first-order valence-corrected chi connectivity index (χ1v) is 5.33. The van der Waals surface area contributed by atoms with Crippen LogP contribution in [0.4, 0.5) is 0 Å². The van der Waals surface area contributed by atoms with Crippen molar-refractivity contribution in [3.63, 3.8) is 0 Å². The predicted molar refractivity (Wildman–Crippen MR) is 54.7 cm³/mol. The molecular weight excluding hydrogens is 214 g/mol. The lowest BCUT2D eigenvalue weighted by atomic mass is 9.67. The van der Waals surface area contributed by atoms with Crippen LogP contribution in [-0.2, 0) is 9.59 Å². The van der Waals surface area contributed by atoms with Crippen LogP contribution in [-0.4, -0.2) is 58.4 Å². The minimum atomic E-state index is -1.32. The van der Waals surface area contributed by atoms with Gasteiger partial charge in [0.1, 0.15) is 5.41 Å². The van der Waals surface area contributed by atoms with Gasteiger partial charge in [-0.05, 0) is 12.8 Å². The maximum Gasteiger partial charge on any atom is 0.319 e. The molecule has 0 aliphatic heterocycles. The Morgan fingerprint density at radius 3 is 1.88 bits per heavy atom. The Morgan fingerprint density at radius 2 is 1.62 bits per heavy atom. The zero-order chi connectivity index (χ0) is 12.2. The van der Waals surface area contributed by atoms with Gasteiger partial charge in [-0.2, -0.15) is 0 Å². The molecule has 0 aromatic rings. The largest absolute Gasteiger partial charge is 0.480 e. The average molecular weight is 231 g/mol. The number of carbonyl (C=O) groups excluding carboxylic acids is 1. The van der Waals surface area contributed by atoms with Crippen molar-refractivity contribution >= 4 is 11.9 Å². The Morgan fingerprint density at radius 1 is 1.12 bits per heavy atom. The number of hydrogen-bond donors (Lipinski definition) is 3. The number of aliphatic hydroxyl groups is 2. The van der Waals surface area contributed by atoms with E-state index in [1.54, 1.807) is 0 Å². The van der Waals surface area contributed by atoms with Crippen molar-refractivity contribution in [3.8, 4) is 0 Å². The van der Waals surface area contributed by atoms with E-state index in [1.165, 1.54) is 4.90 Å². The smallest absolute Gasteiger partial charge is 0.319 e. The molecule has 1 aliphatic rings. The van der Waals surface area contributed by atoms with E-state index in [0.29, 0.717) is 12.8 Å². The van der Waals surface area contributed by atoms with Crippen molar-refractivity contribution in [2.24, 2.45) is 5.41 Å². The summed E-state index contributed by atoms with van der Waals surface area (Å²) < 4.78 is 0. The summed E-state index contributed by atoms with van der Waals surface area (Å²) in [7, 11) is 0. The van der Waals surface area contributed by atoms with Gasteiger partial charge in [-0.15, -0.1) is 0 Å². The molecule has 0 radical (unpaired) electrons. The molecule has 1 fully saturated rings. The molecule has 0 saturated heterocycles. The fraction of sp³-hybridized carbons (Fsp3) is 0.800. The van der Waals surface area contributed by atoms with E-state index in [0.717, 1.165) is 6.42 Å². The van der Waals surface area contributed by atoms with E-state index in [2.05, 4.69) is 0 Å². The Labute approximate surface area is 93.5 Å². The highest BCUT2D eigenvalue weighted by molar-refractivity contribution is 6.02. The molecule has 92 valence electrons. The second-order valence-electron chi connectivity index (χ2n) is 3.98. The quantitative estimate of drug-likeness (QED) is 0.512. The van der Waals surface area contributed by atoms with E-state index >= 15 is 0 Å². The molecule has 1 amide bonds. The number of carbonyl (C=O) groups is 2. The SMILES string of the molecule is O=C(O)C1(C(=O)N(CCO)CCO)CCC1. The molecule has 6 nitrogen and oxygen atoms in total. The van der Waals surface area contributed by atoms with Crippen LogP contribution >= 0.6 is 0 Å². The third-order valence-corrected chi connectivity index (χ3v) is 3.05. The second kappa shape index (κ2) is 5.27. The lowest BCUT2D eigenvalue weighted by Gasteiger charge is -2.39. The summed E-state index contributed by atoms with van der Waals surface area (Å²) >= 11 is 0. The Bertz CT molecular complexity index is 268. The molecule has 0 heterocycles. The van der Waals surface area contributed by atoms with Crippen LogP contribution < -0.4 is 0 Å². The first-order chi connectivity index (χ1) is 7.58. The van der Waals surface area contributed by atoms with Crippen molar-refractivity contribution in [2.75, 3.05) is 26.3 Å². The third kappa shape index (κ3) is 2.17. The number of carboxylic acids is 1. The third-order valence-electron chi connectivity index (χ3n) is 3.05. The molecule has 0 aromatic carbocycles. The number of rotatable bonds is 6. The Kier molecular flexibility index (Phi) is 4.26. The highest BCUT2D eigenvalue weighted by atomic mass is 16.4. The highest BCUT2D eigenvalue weighted by Gasteiger charge is 2.52. The molecule has 1 aliphatic carbocycles. The number of aliphatic hydroxyl groups excluding tert-OH is 2. The molecule has 1 saturated carbocycles. The summed E-state index contributed by atoms with van der Waals surface area (Å²) in [6, 6.07) is 0. The molecule has 1 rings (SSSR count). The number of amides is 1. The van der Waals surface area contributed by atoms with Crippen LogP contribution in [0.2, 0.25) is 0 Å². The van der Waals surface area contributed by atoms with Gasteiger partial charge < -0.3 is 20.2 Å². The molecule has 0 spiro atoms. The normalized spacial score (nSPS) is 17.6. The fourth-order valence-electron chi connectivity index (χ4n) is 1.91. The van der Waals surface area contributed by atoms with Crippen LogP contribution in [0.25, 0.3) is 0 Å². The van der Waals surface area contributed by atoms with Crippen molar-refractivity contribution in [1.82, 2.24) is 4.90 Å². The summed E-state index contributed by atoms with van der Waals surface area (Å²) in [5.41, 5.74) is -1.32. The molecule has 16 heavy (non-hydrogen) atoms. The van der Waals surface area contributed by atoms with Gasteiger partial charge in [-0.25, -0.2) is 0 Å². The lowest BCUT2D eigenvalue weighted by molar-refractivity contribution is -0.168. The van der Waals surface area contributed by atoms with Crippen molar-refractivity contribution in [3.05, 3.63) is 0 Å². The van der Waals surface area contributed by atoms with Crippen LogP contribution in [0.5, 0.6) is 0 Å². The van der Waals surface area contributed by atoms with Crippen LogP contribution in [0.3, 0.4) is 0 Å². The molecule has 0 aromatic heterocycles. The molecule has 0 bridgehead atoms. The van der Waals surface area contributed by atoms with E-state index in [1.807, 2.05) is 0 Å². The van der Waals surface area contributed by atoms with Gasteiger partial charge in [0.15, 0.2) is 0 Å². The zero-order valence-corrected chi connectivity index (χ0v) is 9.06. The Balaban J connectivity index is 2.75. The topological polar surface area (TPSA) is 98.1 Å². The lowest BCUT2D eigenvalue weighted by Crippen LogP contribution is -2.53. The van der Waals surface area contributed by atoms with Gasteiger partial charge >= 0.3 is 5.97 Å². The van der Waals surface area contributed by atoms with Gasteiger partial charge in [-0.1, -0.05) is 6.42 Å². The first-order valence-electron chi connectivity index (χ1n) is 5.33. The van der Waals surface area contributed by atoms with E-state index in [9.17, 15) is 9.59 Å². The van der Waals surface area contributed by atoms with Gasteiger partial charge in [-0.3, -0.25) is 9.59 Å². The summed E-state index contributed by atoms with van der Waals surface area (Å²) in [5.74, 6) is -1.60. The Hall–Kier alpha value is -1.14. The minimum absolute atomic E-state index is 0.0639. The maximum absolute atomic E-state index is 12.0. The second-order valence-corrected chi connectivity index (χ2v) is 3.98. The molecule has 6 heteroatoms. The molecular formula is C10H17NO5. The summed E-state index contributed by atoms with van der Waals surface area (Å²) in [4.78, 5) is 24.3. The van der Waals surface area contributed by atoms with E-state index in [4.69, 9.17) is 15.3 Å².